The standard InChI is InChI=1S/C19H23N3O3S2/c1-14-7-10-22(11-8-14)19(26)27-13-18(24)25-12-17(23)21-16-4-2-15(3-5-16)6-9-20/h2-5,14H,6-8,10-13H2,1H3,(H,21,23). The Morgan fingerprint density at radius 2 is 2.00 bits per heavy atom. The zero-order valence-corrected chi connectivity index (χ0v) is 16.9. The van der Waals surface area contributed by atoms with Crippen molar-refractivity contribution >= 4 is 45.9 Å². The molecular formula is C19H23N3O3S2. The van der Waals surface area contributed by atoms with E-state index in [4.69, 9.17) is 22.2 Å². The van der Waals surface area contributed by atoms with E-state index in [1.54, 1.807) is 24.3 Å². The lowest BCUT2D eigenvalue weighted by Crippen LogP contribution is -2.35. The number of nitrogens with one attached hydrogen (secondary N) is 1. The summed E-state index contributed by atoms with van der Waals surface area (Å²) in [5.74, 6) is -0.0533. The van der Waals surface area contributed by atoms with Crippen molar-refractivity contribution in [2.24, 2.45) is 5.92 Å². The molecule has 144 valence electrons. The van der Waals surface area contributed by atoms with E-state index >= 15 is 0 Å². The number of esters is 1. The number of hydrogen-bond acceptors (Lipinski definition) is 6. The van der Waals surface area contributed by atoms with Crippen molar-refractivity contribution in [3.8, 4) is 6.07 Å². The Balaban J connectivity index is 1.65. The fourth-order valence-corrected chi connectivity index (χ4v) is 3.63. The number of likely N-dealkylation sites (tertiary alicyclic amines) is 1. The van der Waals surface area contributed by atoms with Crippen LogP contribution in [-0.4, -0.2) is 46.5 Å². The Morgan fingerprint density at radius 3 is 2.63 bits per heavy atom. The first-order chi connectivity index (χ1) is 13.0. The smallest absolute Gasteiger partial charge is 0.316 e. The van der Waals surface area contributed by atoms with Crippen molar-refractivity contribution in [2.45, 2.75) is 26.2 Å². The van der Waals surface area contributed by atoms with Gasteiger partial charge in [0, 0.05) is 18.8 Å². The van der Waals surface area contributed by atoms with Gasteiger partial charge in [-0.2, -0.15) is 5.26 Å². The van der Waals surface area contributed by atoms with Crippen molar-refractivity contribution in [1.82, 2.24) is 4.90 Å². The number of anilines is 1. The Kier molecular flexibility index (Phi) is 8.55. The number of thioether (sulfide) groups is 1. The normalized spacial score (nSPS) is 14.3. The van der Waals surface area contributed by atoms with Crippen LogP contribution >= 0.6 is 24.0 Å². The van der Waals surface area contributed by atoms with Gasteiger partial charge in [-0.15, -0.1) is 0 Å². The van der Waals surface area contributed by atoms with Gasteiger partial charge in [-0.25, -0.2) is 0 Å². The summed E-state index contributed by atoms with van der Waals surface area (Å²) in [7, 11) is 0. The van der Waals surface area contributed by atoms with Crippen LogP contribution in [0.3, 0.4) is 0 Å². The van der Waals surface area contributed by atoms with Crippen molar-refractivity contribution < 1.29 is 14.3 Å². The van der Waals surface area contributed by atoms with Crippen LogP contribution in [0.15, 0.2) is 24.3 Å². The van der Waals surface area contributed by atoms with Crippen LogP contribution in [0.25, 0.3) is 0 Å². The number of carbonyl (C=O) groups excluding carboxylic acids is 2. The molecule has 0 aromatic heterocycles. The van der Waals surface area contributed by atoms with E-state index in [2.05, 4.69) is 23.2 Å². The first-order valence-corrected chi connectivity index (χ1v) is 10.2. The summed E-state index contributed by atoms with van der Waals surface area (Å²) < 4.78 is 5.71. The van der Waals surface area contributed by atoms with E-state index in [0.29, 0.717) is 16.4 Å². The molecule has 0 unspecified atom stereocenters. The van der Waals surface area contributed by atoms with Gasteiger partial charge < -0.3 is 15.0 Å². The molecule has 1 aromatic carbocycles. The summed E-state index contributed by atoms with van der Waals surface area (Å²) in [5.41, 5.74) is 1.46. The summed E-state index contributed by atoms with van der Waals surface area (Å²) in [5, 5.41) is 11.3. The largest absolute Gasteiger partial charge is 0.455 e. The molecule has 1 aromatic rings. The number of hydrogen-bond donors (Lipinski definition) is 1. The fraction of sp³-hybridized carbons (Fsp3) is 0.474. The van der Waals surface area contributed by atoms with E-state index in [9.17, 15) is 9.59 Å². The van der Waals surface area contributed by atoms with Crippen molar-refractivity contribution in [3.05, 3.63) is 29.8 Å². The molecule has 1 heterocycles. The molecule has 0 atom stereocenters. The molecule has 0 aliphatic carbocycles. The number of piperidine rings is 1. The third kappa shape index (κ3) is 7.57. The van der Waals surface area contributed by atoms with Gasteiger partial charge in [0.05, 0.1) is 18.2 Å². The number of carbonyl (C=O) groups is 2. The molecule has 2 rings (SSSR count). The molecule has 0 bridgehead atoms. The molecule has 0 saturated carbocycles. The van der Waals surface area contributed by atoms with E-state index < -0.39 is 11.9 Å². The van der Waals surface area contributed by atoms with Gasteiger partial charge in [0.1, 0.15) is 4.32 Å². The first-order valence-electron chi connectivity index (χ1n) is 8.81. The zero-order valence-electron chi connectivity index (χ0n) is 15.3. The Hall–Kier alpha value is -2.11. The highest BCUT2D eigenvalue weighted by atomic mass is 32.2. The maximum atomic E-state index is 11.9. The minimum atomic E-state index is -0.466. The molecule has 27 heavy (non-hydrogen) atoms. The Morgan fingerprint density at radius 1 is 1.33 bits per heavy atom. The predicted molar refractivity (Wildman–Crippen MR) is 110 cm³/mol. The van der Waals surface area contributed by atoms with Gasteiger partial charge in [-0.05, 0) is 36.5 Å². The van der Waals surface area contributed by atoms with Crippen LogP contribution in [0.4, 0.5) is 5.69 Å². The van der Waals surface area contributed by atoms with Crippen LogP contribution in [0.2, 0.25) is 0 Å². The molecule has 1 fully saturated rings. The topological polar surface area (TPSA) is 82.4 Å². The lowest BCUT2D eigenvalue weighted by molar-refractivity contribution is -0.144. The Bertz CT molecular complexity index is 708. The SMILES string of the molecule is CC1CCN(C(=S)SCC(=O)OCC(=O)Nc2ccc(CC#N)cc2)CC1. The Labute approximate surface area is 169 Å². The van der Waals surface area contributed by atoms with Crippen molar-refractivity contribution in [3.63, 3.8) is 0 Å². The summed E-state index contributed by atoms with van der Waals surface area (Å²) >= 11 is 6.64. The zero-order chi connectivity index (χ0) is 19.6. The van der Waals surface area contributed by atoms with Gasteiger partial charge in [0.25, 0.3) is 5.91 Å². The average molecular weight is 406 g/mol. The molecule has 1 N–H and O–H groups in total. The lowest BCUT2D eigenvalue weighted by Gasteiger charge is -2.31. The third-order valence-electron chi connectivity index (χ3n) is 4.24. The van der Waals surface area contributed by atoms with Gasteiger partial charge in [-0.3, -0.25) is 9.59 Å². The summed E-state index contributed by atoms with van der Waals surface area (Å²) in [6, 6.07) is 9.01. The number of amides is 1. The molecule has 8 heteroatoms. The number of thiocarbonyl (C=S) groups is 1. The predicted octanol–water partition coefficient (Wildman–Crippen LogP) is 2.98. The monoisotopic (exact) mass is 405 g/mol. The van der Waals surface area contributed by atoms with Crippen LogP contribution < -0.4 is 5.32 Å². The molecule has 6 nitrogen and oxygen atoms in total. The summed E-state index contributed by atoms with van der Waals surface area (Å²) in [4.78, 5) is 25.8. The number of rotatable bonds is 6. The van der Waals surface area contributed by atoms with Gasteiger partial charge in [0.15, 0.2) is 6.61 Å². The second kappa shape index (κ2) is 10.9. The molecule has 0 spiro atoms. The van der Waals surface area contributed by atoms with E-state index in [1.807, 2.05) is 0 Å². The molecule has 1 aliphatic heterocycles. The number of benzene rings is 1. The quantitative estimate of drug-likeness (QED) is 0.575. The number of ether oxygens (including phenoxy) is 1. The summed E-state index contributed by atoms with van der Waals surface area (Å²) in [6.45, 7) is 3.75. The average Bonchev–Trinajstić information content (AvgIpc) is 2.67. The van der Waals surface area contributed by atoms with Gasteiger partial charge in [0.2, 0.25) is 0 Å². The van der Waals surface area contributed by atoms with Crippen LogP contribution in [0.5, 0.6) is 0 Å². The third-order valence-corrected chi connectivity index (χ3v) is 5.74. The molecule has 1 aliphatic rings. The highest BCUT2D eigenvalue weighted by molar-refractivity contribution is 8.23. The summed E-state index contributed by atoms with van der Waals surface area (Å²) in [6.07, 6.45) is 2.55. The van der Waals surface area contributed by atoms with Gasteiger partial charge >= 0.3 is 5.97 Å². The first kappa shape index (κ1) is 21.2. The second-order valence-electron chi connectivity index (χ2n) is 6.46. The van der Waals surface area contributed by atoms with Crippen LogP contribution in [0.1, 0.15) is 25.3 Å². The fourth-order valence-electron chi connectivity index (χ4n) is 2.59. The molecule has 0 radical (unpaired) electrons. The van der Waals surface area contributed by atoms with Crippen molar-refractivity contribution in [1.29, 1.82) is 5.26 Å². The minimum Gasteiger partial charge on any atom is -0.455 e. The molecular weight excluding hydrogens is 382 g/mol. The maximum Gasteiger partial charge on any atom is 0.316 e. The minimum absolute atomic E-state index is 0.0982. The number of nitrogens with zero attached hydrogens (tertiary/aromatic N) is 2. The highest BCUT2D eigenvalue weighted by Crippen LogP contribution is 2.20. The van der Waals surface area contributed by atoms with Gasteiger partial charge in [-0.1, -0.05) is 43.0 Å². The highest BCUT2D eigenvalue weighted by Gasteiger charge is 2.19. The van der Waals surface area contributed by atoms with E-state index in [0.717, 1.165) is 37.4 Å². The van der Waals surface area contributed by atoms with E-state index in [-0.39, 0.29) is 12.4 Å². The van der Waals surface area contributed by atoms with Crippen LogP contribution in [-0.2, 0) is 20.7 Å². The number of nitriles is 1. The molecule has 1 amide bonds. The van der Waals surface area contributed by atoms with Crippen LogP contribution in [0, 0.1) is 17.2 Å². The second-order valence-corrected chi connectivity index (χ2v) is 8.07. The van der Waals surface area contributed by atoms with E-state index in [1.165, 1.54) is 11.8 Å². The maximum absolute atomic E-state index is 11.9. The molecule has 1 saturated heterocycles. The lowest BCUT2D eigenvalue weighted by atomic mass is 10.00. The van der Waals surface area contributed by atoms with Crippen molar-refractivity contribution in [2.75, 3.05) is 30.8 Å².